The number of ether oxygens (including phenoxy) is 1. The Bertz CT molecular complexity index is 355. The van der Waals surface area contributed by atoms with Gasteiger partial charge in [-0.05, 0) is 11.4 Å². The van der Waals surface area contributed by atoms with Crippen molar-refractivity contribution in [1.82, 2.24) is 10.2 Å². The molecule has 0 aromatic carbocycles. The summed E-state index contributed by atoms with van der Waals surface area (Å²) in [5.74, 6) is 0. The summed E-state index contributed by atoms with van der Waals surface area (Å²) in [6.45, 7) is 0. The van der Waals surface area contributed by atoms with Crippen LogP contribution in [0, 0.1) is 0 Å². The Kier molecular flexibility index (Phi) is 2.05. The molecule has 0 saturated heterocycles. The lowest BCUT2D eigenvalue weighted by Crippen LogP contribution is -1.78. The average Bonchev–Trinajstić information content (AvgIpc) is 2.75. The second-order valence-corrected chi connectivity index (χ2v) is 3.94. The Morgan fingerprint density at radius 1 is 1.42 bits per heavy atom. The number of rotatable bonds is 2. The van der Waals surface area contributed by atoms with Gasteiger partial charge >= 0.3 is 0 Å². The third-order valence-corrected chi connectivity index (χ3v) is 3.24. The highest BCUT2D eigenvalue weighted by Gasteiger charge is 2.06. The minimum atomic E-state index is 0.610. The monoisotopic (exact) mass is 198 g/mol. The second-order valence-electron chi connectivity index (χ2n) is 2.05. The zero-order valence-electron chi connectivity index (χ0n) is 6.35. The van der Waals surface area contributed by atoms with E-state index in [0.29, 0.717) is 5.19 Å². The molecule has 2 rings (SSSR count). The topological polar surface area (TPSA) is 35.0 Å². The van der Waals surface area contributed by atoms with Gasteiger partial charge in [-0.15, -0.1) is 16.4 Å². The predicted molar refractivity (Wildman–Crippen MR) is 49.8 cm³/mol. The van der Waals surface area contributed by atoms with E-state index < -0.39 is 0 Å². The first-order valence-corrected chi connectivity index (χ1v) is 5.01. The van der Waals surface area contributed by atoms with Gasteiger partial charge in [0.1, 0.15) is 0 Å². The van der Waals surface area contributed by atoms with E-state index in [1.165, 1.54) is 11.3 Å². The summed E-state index contributed by atoms with van der Waals surface area (Å²) in [4.78, 5) is 1.14. The van der Waals surface area contributed by atoms with Crippen molar-refractivity contribution in [3.05, 3.63) is 17.5 Å². The molecule has 0 spiro atoms. The number of hydrogen-bond donors (Lipinski definition) is 0. The Hall–Kier alpha value is -0.940. The maximum absolute atomic E-state index is 4.94. The van der Waals surface area contributed by atoms with Gasteiger partial charge in [-0.3, -0.25) is 0 Å². The van der Waals surface area contributed by atoms with Crippen LogP contribution >= 0.6 is 22.7 Å². The molecule has 2 aromatic rings. The lowest BCUT2D eigenvalue weighted by molar-refractivity contribution is 0.407. The smallest absolute Gasteiger partial charge is 0.294 e. The SMILES string of the molecule is COc1nnc(-c2cccs2)s1. The van der Waals surface area contributed by atoms with E-state index in [2.05, 4.69) is 10.2 Å². The first-order valence-electron chi connectivity index (χ1n) is 3.31. The van der Waals surface area contributed by atoms with Gasteiger partial charge in [0, 0.05) is 0 Å². The summed E-state index contributed by atoms with van der Waals surface area (Å²) in [5.41, 5.74) is 0. The minimum Gasteiger partial charge on any atom is -0.472 e. The Balaban J connectivity index is 2.35. The minimum absolute atomic E-state index is 0.610. The number of hydrogen-bond acceptors (Lipinski definition) is 5. The molecule has 0 radical (unpaired) electrons. The molecule has 3 nitrogen and oxygen atoms in total. The molecule has 2 aromatic heterocycles. The summed E-state index contributed by atoms with van der Waals surface area (Å²) in [6.07, 6.45) is 0. The molecule has 12 heavy (non-hydrogen) atoms. The molecule has 0 N–H and O–H groups in total. The molecule has 0 aliphatic heterocycles. The van der Waals surface area contributed by atoms with Crippen LogP contribution < -0.4 is 4.74 Å². The van der Waals surface area contributed by atoms with Gasteiger partial charge in [-0.25, -0.2) is 0 Å². The second kappa shape index (κ2) is 3.20. The highest BCUT2D eigenvalue weighted by atomic mass is 32.1. The van der Waals surface area contributed by atoms with E-state index in [0.717, 1.165) is 9.88 Å². The van der Waals surface area contributed by atoms with Crippen molar-refractivity contribution in [2.24, 2.45) is 0 Å². The molecule has 0 amide bonds. The summed E-state index contributed by atoms with van der Waals surface area (Å²) in [6, 6.07) is 4.01. The summed E-state index contributed by atoms with van der Waals surface area (Å²) in [5, 5.41) is 11.4. The highest BCUT2D eigenvalue weighted by Crippen LogP contribution is 2.30. The number of nitrogens with zero attached hydrogens (tertiary/aromatic N) is 2. The third kappa shape index (κ3) is 1.33. The van der Waals surface area contributed by atoms with Crippen molar-refractivity contribution in [2.75, 3.05) is 7.11 Å². The fourth-order valence-corrected chi connectivity index (χ4v) is 2.24. The van der Waals surface area contributed by atoms with E-state index in [9.17, 15) is 0 Å². The number of aromatic nitrogens is 2. The zero-order valence-corrected chi connectivity index (χ0v) is 7.98. The van der Waals surface area contributed by atoms with Crippen LogP contribution in [0.15, 0.2) is 17.5 Å². The Morgan fingerprint density at radius 2 is 2.33 bits per heavy atom. The lowest BCUT2D eigenvalue weighted by atomic mass is 10.5. The summed E-state index contributed by atoms with van der Waals surface area (Å²) in [7, 11) is 1.60. The fraction of sp³-hybridized carbons (Fsp3) is 0.143. The van der Waals surface area contributed by atoms with Gasteiger partial charge in [0.15, 0.2) is 5.01 Å². The number of methoxy groups -OCH3 is 1. The van der Waals surface area contributed by atoms with E-state index in [-0.39, 0.29) is 0 Å². The van der Waals surface area contributed by atoms with Crippen molar-refractivity contribution >= 4 is 22.7 Å². The van der Waals surface area contributed by atoms with Gasteiger partial charge in [-0.2, -0.15) is 0 Å². The maximum atomic E-state index is 4.94. The quantitative estimate of drug-likeness (QED) is 0.742. The molecule has 0 bridgehead atoms. The van der Waals surface area contributed by atoms with Crippen LogP contribution in [0.2, 0.25) is 0 Å². The summed E-state index contributed by atoms with van der Waals surface area (Å²) >= 11 is 3.11. The Labute approximate surface area is 77.7 Å². The maximum Gasteiger partial charge on any atom is 0.294 e. The van der Waals surface area contributed by atoms with Crippen LogP contribution in [0.1, 0.15) is 0 Å². The molecule has 62 valence electrons. The molecular formula is C7H6N2OS2. The van der Waals surface area contributed by atoms with Gasteiger partial charge in [0.05, 0.1) is 12.0 Å². The molecule has 0 aliphatic rings. The largest absolute Gasteiger partial charge is 0.472 e. The normalized spacial score (nSPS) is 10.1. The highest BCUT2D eigenvalue weighted by molar-refractivity contribution is 7.21. The number of thiophene rings is 1. The van der Waals surface area contributed by atoms with Gasteiger partial charge in [0.2, 0.25) is 0 Å². The average molecular weight is 198 g/mol. The van der Waals surface area contributed by atoms with Crippen LogP contribution in [0.25, 0.3) is 9.88 Å². The van der Waals surface area contributed by atoms with Crippen molar-refractivity contribution < 1.29 is 4.74 Å². The van der Waals surface area contributed by atoms with E-state index in [4.69, 9.17) is 4.74 Å². The van der Waals surface area contributed by atoms with E-state index in [1.54, 1.807) is 18.4 Å². The van der Waals surface area contributed by atoms with Gasteiger partial charge < -0.3 is 4.74 Å². The lowest BCUT2D eigenvalue weighted by Gasteiger charge is -1.85. The van der Waals surface area contributed by atoms with Crippen molar-refractivity contribution in [3.63, 3.8) is 0 Å². The predicted octanol–water partition coefficient (Wildman–Crippen LogP) is 2.28. The van der Waals surface area contributed by atoms with Crippen molar-refractivity contribution in [2.45, 2.75) is 0 Å². The van der Waals surface area contributed by atoms with Crippen molar-refractivity contribution in [3.8, 4) is 15.1 Å². The molecular weight excluding hydrogens is 192 g/mol. The van der Waals surface area contributed by atoms with Crippen molar-refractivity contribution in [1.29, 1.82) is 0 Å². The summed E-state index contributed by atoms with van der Waals surface area (Å²) < 4.78 is 4.94. The standard InChI is InChI=1S/C7H6N2OS2/c1-10-7-9-8-6(12-7)5-3-2-4-11-5/h2-4H,1H3. The van der Waals surface area contributed by atoms with Gasteiger partial charge in [-0.1, -0.05) is 22.5 Å². The van der Waals surface area contributed by atoms with Crippen LogP contribution in [0.4, 0.5) is 0 Å². The van der Waals surface area contributed by atoms with Crippen LogP contribution in [-0.4, -0.2) is 17.3 Å². The molecule has 0 unspecified atom stereocenters. The van der Waals surface area contributed by atoms with E-state index >= 15 is 0 Å². The first kappa shape index (κ1) is 7.70. The van der Waals surface area contributed by atoms with Gasteiger partial charge in [0.25, 0.3) is 5.19 Å². The van der Waals surface area contributed by atoms with Crippen LogP contribution in [0.5, 0.6) is 5.19 Å². The molecule has 0 aliphatic carbocycles. The molecule has 5 heteroatoms. The van der Waals surface area contributed by atoms with Crippen LogP contribution in [0.3, 0.4) is 0 Å². The fourth-order valence-electron chi connectivity index (χ4n) is 0.792. The van der Waals surface area contributed by atoms with E-state index in [1.807, 2.05) is 17.5 Å². The molecule has 2 heterocycles. The molecule has 0 fully saturated rings. The zero-order chi connectivity index (χ0) is 8.39. The third-order valence-electron chi connectivity index (χ3n) is 1.31. The first-order chi connectivity index (χ1) is 5.90. The molecule has 0 atom stereocenters. The Morgan fingerprint density at radius 3 is 2.92 bits per heavy atom. The molecule has 0 saturated carbocycles. The van der Waals surface area contributed by atoms with Crippen LogP contribution in [-0.2, 0) is 0 Å².